The summed E-state index contributed by atoms with van der Waals surface area (Å²) in [7, 11) is 1.92. The standard InChI is InChI=1S/C13H18N2O3/c1-10(14-2)4-3-5-11-6-12(8-15-7-11)18-9-13(16)17/h3,5-8,10,14H,4,9H2,1-2H3,(H,16,17). The van der Waals surface area contributed by atoms with Crippen molar-refractivity contribution in [3.63, 3.8) is 0 Å². The molecule has 1 rings (SSSR count). The van der Waals surface area contributed by atoms with Gasteiger partial charge in [-0.3, -0.25) is 4.98 Å². The van der Waals surface area contributed by atoms with Crippen molar-refractivity contribution in [3.8, 4) is 5.75 Å². The molecule has 0 radical (unpaired) electrons. The highest BCUT2D eigenvalue weighted by Gasteiger charge is 2.00. The summed E-state index contributed by atoms with van der Waals surface area (Å²) in [5.41, 5.74) is 0.890. The lowest BCUT2D eigenvalue weighted by Gasteiger charge is -2.05. The maximum atomic E-state index is 10.4. The number of pyridine rings is 1. The van der Waals surface area contributed by atoms with Gasteiger partial charge < -0.3 is 15.2 Å². The number of aliphatic carboxylic acids is 1. The van der Waals surface area contributed by atoms with Crippen molar-refractivity contribution in [2.45, 2.75) is 19.4 Å². The fraction of sp³-hybridized carbons (Fsp3) is 0.385. The summed E-state index contributed by atoms with van der Waals surface area (Å²) in [5, 5.41) is 11.6. The molecule has 0 aliphatic heterocycles. The molecule has 5 nitrogen and oxygen atoms in total. The third kappa shape index (κ3) is 5.45. The first-order chi connectivity index (χ1) is 8.61. The predicted molar refractivity (Wildman–Crippen MR) is 69.5 cm³/mol. The minimum absolute atomic E-state index is 0.356. The van der Waals surface area contributed by atoms with Gasteiger partial charge in [0.05, 0.1) is 6.20 Å². The van der Waals surface area contributed by atoms with Gasteiger partial charge in [-0.25, -0.2) is 4.79 Å². The summed E-state index contributed by atoms with van der Waals surface area (Å²) in [6.45, 7) is 1.74. The van der Waals surface area contributed by atoms with E-state index in [4.69, 9.17) is 9.84 Å². The van der Waals surface area contributed by atoms with Crippen LogP contribution in [-0.4, -0.2) is 35.8 Å². The topological polar surface area (TPSA) is 71.5 Å². The number of carboxylic acid groups (broad SMARTS) is 1. The van der Waals surface area contributed by atoms with Gasteiger partial charge in [-0.1, -0.05) is 12.2 Å². The van der Waals surface area contributed by atoms with E-state index in [1.807, 2.05) is 19.2 Å². The van der Waals surface area contributed by atoms with E-state index in [1.165, 1.54) is 6.20 Å². The first kappa shape index (κ1) is 14.2. The Morgan fingerprint density at radius 2 is 2.39 bits per heavy atom. The molecule has 0 aliphatic rings. The maximum absolute atomic E-state index is 10.4. The second-order valence-electron chi connectivity index (χ2n) is 3.96. The van der Waals surface area contributed by atoms with E-state index in [0.29, 0.717) is 11.8 Å². The third-order valence-electron chi connectivity index (χ3n) is 2.39. The number of nitrogens with one attached hydrogen (secondary N) is 1. The molecule has 1 heterocycles. The van der Waals surface area contributed by atoms with Crippen molar-refractivity contribution in [2.24, 2.45) is 0 Å². The van der Waals surface area contributed by atoms with Crippen LogP contribution in [0.15, 0.2) is 24.5 Å². The second-order valence-corrected chi connectivity index (χ2v) is 3.96. The van der Waals surface area contributed by atoms with E-state index >= 15 is 0 Å². The molecule has 0 aromatic carbocycles. The lowest BCUT2D eigenvalue weighted by molar-refractivity contribution is -0.139. The molecule has 0 aliphatic carbocycles. The number of carbonyl (C=O) groups is 1. The number of hydrogen-bond donors (Lipinski definition) is 2. The van der Waals surface area contributed by atoms with Crippen molar-refractivity contribution in [3.05, 3.63) is 30.1 Å². The molecule has 0 spiro atoms. The quantitative estimate of drug-likeness (QED) is 0.768. The largest absolute Gasteiger partial charge is 0.480 e. The van der Waals surface area contributed by atoms with Crippen LogP contribution in [0.3, 0.4) is 0 Å². The van der Waals surface area contributed by atoms with E-state index in [1.54, 1.807) is 12.3 Å². The molecule has 1 atom stereocenters. The summed E-state index contributed by atoms with van der Waals surface area (Å²) in [5.74, 6) is -0.542. The number of hydrogen-bond acceptors (Lipinski definition) is 4. The fourth-order valence-corrected chi connectivity index (χ4v) is 1.28. The number of rotatable bonds is 7. The van der Waals surface area contributed by atoms with Gasteiger partial charge in [0.1, 0.15) is 5.75 Å². The van der Waals surface area contributed by atoms with Gasteiger partial charge >= 0.3 is 5.97 Å². The van der Waals surface area contributed by atoms with Crippen molar-refractivity contribution in [1.82, 2.24) is 10.3 Å². The molecule has 0 saturated carbocycles. The van der Waals surface area contributed by atoms with Gasteiger partial charge in [0.2, 0.25) is 0 Å². The Kier molecular flexibility index (Phi) is 5.87. The van der Waals surface area contributed by atoms with E-state index in [9.17, 15) is 4.79 Å². The summed E-state index contributed by atoms with van der Waals surface area (Å²) in [6.07, 6.45) is 8.09. The Morgan fingerprint density at radius 1 is 1.61 bits per heavy atom. The Morgan fingerprint density at radius 3 is 3.06 bits per heavy atom. The molecule has 0 amide bonds. The predicted octanol–water partition coefficient (Wildman–Crippen LogP) is 1.56. The Labute approximate surface area is 107 Å². The summed E-state index contributed by atoms with van der Waals surface area (Å²) in [4.78, 5) is 14.4. The van der Waals surface area contributed by atoms with Crippen molar-refractivity contribution in [2.75, 3.05) is 13.7 Å². The Bertz CT molecular complexity index is 418. The van der Waals surface area contributed by atoms with Gasteiger partial charge in [-0.05, 0) is 32.0 Å². The van der Waals surface area contributed by atoms with E-state index in [0.717, 1.165) is 12.0 Å². The number of aromatic nitrogens is 1. The zero-order valence-corrected chi connectivity index (χ0v) is 10.6. The molecule has 0 saturated heterocycles. The lowest BCUT2D eigenvalue weighted by Crippen LogP contribution is -2.19. The SMILES string of the molecule is CNC(C)CC=Cc1cncc(OCC(=O)O)c1. The van der Waals surface area contributed by atoms with Crippen LogP contribution < -0.4 is 10.1 Å². The van der Waals surface area contributed by atoms with Crippen molar-refractivity contribution in [1.29, 1.82) is 0 Å². The first-order valence-electron chi connectivity index (χ1n) is 5.75. The van der Waals surface area contributed by atoms with Crippen LogP contribution >= 0.6 is 0 Å². The van der Waals surface area contributed by atoms with Crippen LogP contribution in [0.4, 0.5) is 0 Å². The summed E-state index contributed by atoms with van der Waals surface area (Å²) >= 11 is 0. The minimum Gasteiger partial charge on any atom is -0.480 e. The summed E-state index contributed by atoms with van der Waals surface area (Å²) in [6, 6.07) is 2.18. The normalized spacial score (nSPS) is 12.6. The van der Waals surface area contributed by atoms with Crippen molar-refractivity contribution < 1.29 is 14.6 Å². The van der Waals surface area contributed by atoms with E-state index in [-0.39, 0.29) is 6.61 Å². The fourth-order valence-electron chi connectivity index (χ4n) is 1.28. The molecule has 1 aromatic heterocycles. The monoisotopic (exact) mass is 250 g/mol. The minimum atomic E-state index is -1.00. The van der Waals surface area contributed by atoms with E-state index < -0.39 is 5.97 Å². The third-order valence-corrected chi connectivity index (χ3v) is 2.39. The molecule has 98 valence electrons. The molecule has 0 bridgehead atoms. The van der Waals surface area contributed by atoms with E-state index in [2.05, 4.69) is 17.2 Å². The highest BCUT2D eigenvalue weighted by molar-refractivity contribution is 5.68. The molecule has 18 heavy (non-hydrogen) atoms. The molecular formula is C13H18N2O3. The van der Waals surface area contributed by atoms with Crippen LogP contribution in [0, 0.1) is 0 Å². The number of ether oxygens (including phenoxy) is 1. The molecule has 2 N–H and O–H groups in total. The smallest absolute Gasteiger partial charge is 0.341 e. The van der Waals surface area contributed by atoms with Crippen LogP contribution in [0.2, 0.25) is 0 Å². The van der Waals surface area contributed by atoms with Crippen LogP contribution in [0.25, 0.3) is 6.08 Å². The van der Waals surface area contributed by atoms with Crippen molar-refractivity contribution >= 4 is 12.0 Å². The molecule has 5 heteroatoms. The zero-order valence-electron chi connectivity index (χ0n) is 10.6. The van der Waals surface area contributed by atoms with Crippen LogP contribution in [0.5, 0.6) is 5.75 Å². The van der Waals surface area contributed by atoms with Crippen LogP contribution in [0.1, 0.15) is 18.9 Å². The average molecular weight is 250 g/mol. The molecule has 1 aromatic rings. The lowest BCUT2D eigenvalue weighted by atomic mass is 10.2. The Hall–Kier alpha value is -1.88. The molecule has 0 fully saturated rings. The van der Waals surface area contributed by atoms with Gasteiger partial charge in [-0.2, -0.15) is 0 Å². The Balaban J connectivity index is 2.56. The van der Waals surface area contributed by atoms with Gasteiger partial charge in [-0.15, -0.1) is 0 Å². The summed E-state index contributed by atoms with van der Waals surface area (Å²) < 4.78 is 5.05. The first-order valence-corrected chi connectivity index (χ1v) is 5.75. The molecular weight excluding hydrogens is 232 g/mol. The van der Waals surface area contributed by atoms with Gasteiger partial charge in [0.15, 0.2) is 6.61 Å². The second kappa shape index (κ2) is 7.45. The van der Waals surface area contributed by atoms with Gasteiger partial charge in [0.25, 0.3) is 0 Å². The van der Waals surface area contributed by atoms with Crippen LogP contribution in [-0.2, 0) is 4.79 Å². The highest BCUT2D eigenvalue weighted by atomic mass is 16.5. The average Bonchev–Trinajstić information content (AvgIpc) is 2.36. The zero-order chi connectivity index (χ0) is 13.4. The maximum Gasteiger partial charge on any atom is 0.341 e. The van der Waals surface area contributed by atoms with Gasteiger partial charge in [0, 0.05) is 12.2 Å². The number of nitrogens with zero attached hydrogens (tertiary/aromatic N) is 1. The molecule has 1 unspecified atom stereocenters. The highest BCUT2D eigenvalue weighted by Crippen LogP contribution is 2.12. The number of carboxylic acids is 1.